The van der Waals surface area contributed by atoms with E-state index in [9.17, 15) is 14.4 Å². The minimum Gasteiger partial charge on any atom is -0.482 e. The van der Waals surface area contributed by atoms with Crippen molar-refractivity contribution in [2.75, 3.05) is 13.2 Å². The van der Waals surface area contributed by atoms with Crippen LogP contribution in [0.2, 0.25) is 0 Å². The van der Waals surface area contributed by atoms with E-state index in [1.54, 1.807) is 18.2 Å². The monoisotopic (exact) mass is 360 g/mol. The number of urea groups is 1. The number of esters is 1. The summed E-state index contributed by atoms with van der Waals surface area (Å²) in [6, 6.07) is 8.26. The van der Waals surface area contributed by atoms with Crippen LogP contribution in [0.4, 0.5) is 4.79 Å². The summed E-state index contributed by atoms with van der Waals surface area (Å²) in [5, 5.41) is 4.47. The van der Waals surface area contributed by atoms with Gasteiger partial charge in [0.25, 0.3) is 5.91 Å². The fraction of sp³-hybridized carbons (Fsp3) is 0.278. The van der Waals surface area contributed by atoms with Gasteiger partial charge in [-0.3, -0.25) is 10.1 Å². The number of benzene rings is 1. The minimum atomic E-state index is -0.748. The lowest BCUT2D eigenvalue weighted by Crippen LogP contribution is -2.41. The Kier molecular flexibility index (Phi) is 6.78. The third kappa shape index (κ3) is 6.31. The van der Waals surface area contributed by atoms with Crippen LogP contribution in [0.5, 0.6) is 5.75 Å². The van der Waals surface area contributed by atoms with Gasteiger partial charge in [0, 0.05) is 0 Å². The van der Waals surface area contributed by atoms with Crippen molar-refractivity contribution < 1.29 is 28.3 Å². The van der Waals surface area contributed by atoms with E-state index in [4.69, 9.17) is 13.9 Å². The second kappa shape index (κ2) is 9.26. The van der Waals surface area contributed by atoms with Crippen molar-refractivity contribution in [2.24, 2.45) is 0 Å². The van der Waals surface area contributed by atoms with Gasteiger partial charge in [0.1, 0.15) is 11.5 Å². The zero-order chi connectivity index (χ0) is 18.9. The van der Waals surface area contributed by atoms with Gasteiger partial charge in [-0.25, -0.2) is 9.59 Å². The van der Waals surface area contributed by atoms with E-state index in [2.05, 4.69) is 5.32 Å². The van der Waals surface area contributed by atoms with Crippen LogP contribution in [-0.2, 0) is 20.9 Å². The summed E-state index contributed by atoms with van der Waals surface area (Å²) in [5.41, 5.74) is 1.88. The molecule has 0 aliphatic rings. The minimum absolute atomic E-state index is 0.135. The molecule has 0 aliphatic heterocycles. The molecule has 8 nitrogen and oxygen atoms in total. The van der Waals surface area contributed by atoms with E-state index in [1.165, 1.54) is 6.26 Å². The molecule has 0 saturated heterocycles. The van der Waals surface area contributed by atoms with E-state index in [1.807, 2.05) is 31.3 Å². The Morgan fingerprint density at radius 2 is 1.92 bits per heavy atom. The molecule has 0 spiro atoms. The van der Waals surface area contributed by atoms with Gasteiger partial charge in [-0.1, -0.05) is 12.1 Å². The molecule has 1 aromatic heterocycles. The van der Waals surface area contributed by atoms with Crippen LogP contribution in [-0.4, -0.2) is 31.1 Å². The van der Waals surface area contributed by atoms with Gasteiger partial charge >= 0.3 is 12.0 Å². The van der Waals surface area contributed by atoms with Crippen molar-refractivity contribution in [1.82, 2.24) is 10.6 Å². The van der Waals surface area contributed by atoms with Crippen molar-refractivity contribution in [3.63, 3.8) is 0 Å². The Morgan fingerprint density at radius 1 is 1.12 bits per heavy atom. The maximum Gasteiger partial charge on any atom is 0.344 e. The molecule has 0 atom stereocenters. The van der Waals surface area contributed by atoms with Crippen molar-refractivity contribution >= 4 is 17.9 Å². The number of imide groups is 1. The van der Waals surface area contributed by atoms with E-state index in [0.29, 0.717) is 11.5 Å². The molecule has 0 bridgehead atoms. The van der Waals surface area contributed by atoms with Crippen molar-refractivity contribution in [3.8, 4) is 5.75 Å². The summed E-state index contributed by atoms with van der Waals surface area (Å²) in [4.78, 5) is 34.7. The molecule has 1 aromatic carbocycles. The first-order valence-electron chi connectivity index (χ1n) is 7.90. The number of amides is 3. The van der Waals surface area contributed by atoms with Gasteiger partial charge in [-0.15, -0.1) is 0 Å². The second-order valence-corrected chi connectivity index (χ2v) is 5.53. The van der Waals surface area contributed by atoms with E-state index in [-0.39, 0.29) is 13.2 Å². The fourth-order valence-corrected chi connectivity index (χ4v) is 1.97. The van der Waals surface area contributed by atoms with Crippen LogP contribution in [0.25, 0.3) is 0 Å². The van der Waals surface area contributed by atoms with E-state index in [0.717, 1.165) is 11.1 Å². The molecule has 138 valence electrons. The van der Waals surface area contributed by atoms with Crippen LogP contribution < -0.4 is 15.4 Å². The van der Waals surface area contributed by atoms with Gasteiger partial charge in [-0.05, 0) is 43.2 Å². The third-order valence-electron chi connectivity index (χ3n) is 3.31. The molecular formula is C18H20N2O6. The zero-order valence-electron chi connectivity index (χ0n) is 14.5. The molecular weight excluding hydrogens is 340 g/mol. The lowest BCUT2D eigenvalue weighted by Gasteiger charge is -2.10. The van der Waals surface area contributed by atoms with Crippen LogP contribution in [0.15, 0.2) is 41.0 Å². The number of hydrogen-bond donors (Lipinski definition) is 2. The van der Waals surface area contributed by atoms with Crippen molar-refractivity contribution in [2.45, 2.75) is 20.4 Å². The molecule has 0 saturated carbocycles. The molecule has 2 N–H and O–H groups in total. The largest absolute Gasteiger partial charge is 0.482 e. The van der Waals surface area contributed by atoms with Crippen LogP contribution in [0.1, 0.15) is 16.9 Å². The molecule has 0 unspecified atom stereocenters. The molecule has 3 amide bonds. The number of hydrogen-bond acceptors (Lipinski definition) is 6. The fourth-order valence-electron chi connectivity index (χ4n) is 1.97. The van der Waals surface area contributed by atoms with E-state index < -0.39 is 24.5 Å². The summed E-state index contributed by atoms with van der Waals surface area (Å²) < 4.78 is 15.2. The van der Waals surface area contributed by atoms with E-state index >= 15 is 0 Å². The van der Waals surface area contributed by atoms with Gasteiger partial charge in [0.15, 0.2) is 13.2 Å². The highest BCUT2D eigenvalue weighted by atomic mass is 16.6. The highest BCUT2D eigenvalue weighted by Gasteiger charge is 2.12. The molecule has 2 aromatic rings. The topological polar surface area (TPSA) is 107 Å². The molecule has 8 heteroatoms. The highest BCUT2D eigenvalue weighted by Crippen LogP contribution is 2.18. The Morgan fingerprint density at radius 3 is 2.65 bits per heavy atom. The summed E-state index contributed by atoms with van der Waals surface area (Å²) in [6.45, 7) is 2.99. The molecule has 26 heavy (non-hydrogen) atoms. The number of nitrogens with one attached hydrogen (secondary N) is 2. The quantitative estimate of drug-likeness (QED) is 0.730. The maximum absolute atomic E-state index is 11.6. The summed E-state index contributed by atoms with van der Waals surface area (Å²) >= 11 is 0. The van der Waals surface area contributed by atoms with Crippen LogP contribution >= 0.6 is 0 Å². The highest BCUT2D eigenvalue weighted by molar-refractivity contribution is 5.95. The zero-order valence-corrected chi connectivity index (χ0v) is 14.5. The number of furan rings is 1. The second-order valence-electron chi connectivity index (χ2n) is 5.53. The van der Waals surface area contributed by atoms with Crippen LogP contribution in [0.3, 0.4) is 0 Å². The average molecular weight is 360 g/mol. The Hall–Kier alpha value is -3.29. The molecule has 0 fully saturated rings. The summed E-state index contributed by atoms with van der Waals surface area (Å²) in [7, 11) is 0. The van der Waals surface area contributed by atoms with Crippen molar-refractivity contribution in [3.05, 3.63) is 53.5 Å². The first-order valence-corrected chi connectivity index (χ1v) is 7.90. The van der Waals surface area contributed by atoms with Gasteiger partial charge in [0.2, 0.25) is 0 Å². The lowest BCUT2D eigenvalue weighted by atomic mass is 10.1. The van der Waals surface area contributed by atoms with Gasteiger partial charge < -0.3 is 19.2 Å². The molecule has 1 heterocycles. The predicted octanol–water partition coefficient (Wildman–Crippen LogP) is 1.84. The Labute approximate surface area is 150 Å². The summed E-state index contributed by atoms with van der Waals surface area (Å²) in [6.07, 6.45) is 1.47. The molecule has 2 rings (SSSR count). The number of aryl methyl sites for hydroxylation is 2. The predicted molar refractivity (Wildman–Crippen MR) is 91.5 cm³/mol. The standard InChI is InChI=1S/C18H20N2O6/c1-12-5-6-13(2)15(8-12)25-11-17(22)26-10-16(21)20-18(23)19-9-14-4-3-7-24-14/h3-8H,9-11H2,1-2H3,(H2,19,20,21,23). The van der Waals surface area contributed by atoms with Crippen LogP contribution in [0, 0.1) is 13.8 Å². The average Bonchev–Trinajstić information content (AvgIpc) is 3.12. The Bertz CT molecular complexity index is 770. The number of rotatable bonds is 7. The maximum atomic E-state index is 11.6. The Balaban J connectivity index is 1.65. The van der Waals surface area contributed by atoms with Gasteiger partial charge in [-0.2, -0.15) is 0 Å². The lowest BCUT2D eigenvalue weighted by molar-refractivity contribution is -0.150. The SMILES string of the molecule is Cc1ccc(C)c(OCC(=O)OCC(=O)NC(=O)NCc2ccco2)c1. The smallest absolute Gasteiger partial charge is 0.344 e. The van der Waals surface area contributed by atoms with Crippen molar-refractivity contribution in [1.29, 1.82) is 0 Å². The summed E-state index contributed by atoms with van der Waals surface area (Å²) in [5.74, 6) is -0.342. The first-order chi connectivity index (χ1) is 12.4. The molecule has 0 aliphatic carbocycles. The number of carbonyl (C=O) groups is 3. The third-order valence-corrected chi connectivity index (χ3v) is 3.31. The number of carbonyl (C=O) groups excluding carboxylic acids is 3. The number of ether oxygens (including phenoxy) is 2. The first kappa shape index (κ1) is 19.0. The van der Waals surface area contributed by atoms with Gasteiger partial charge in [0.05, 0.1) is 12.8 Å². The molecule has 0 radical (unpaired) electrons. The normalized spacial score (nSPS) is 10.1.